The van der Waals surface area contributed by atoms with Crippen LogP contribution in [0.25, 0.3) is 0 Å². The molecule has 1 heterocycles. The molecule has 4 N–H and O–H groups in total. The molecular weight excluding hydrogens is 264 g/mol. The molecule has 6 nitrogen and oxygen atoms in total. The van der Waals surface area contributed by atoms with Crippen LogP contribution in [0.4, 0.5) is 0 Å². The molecule has 0 bridgehead atoms. The summed E-state index contributed by atoms with van der Waals surface area (Å²) in [5.41, 5.74) is 0. The average molecular weight is 292 g/mol. The van der Waals surface area contributed by atoms with E-state index in [-0.39, 0.29) is 6.10 Å². The summed E-state index contributed by atoms with van der Waals surface area (Å²) in [6.45, 7) is 3.59. The van der Waals surface area contributed by atoms with Gasteiger partial charge in [0.1, 0.15) is 24.4 Å². The first-order valence-electron chi connectivity index (χ1n) is 7.47. The maximum absolute atomic E-state index is 9.84. The van der Waals surface area contributed by atoms with Crippen molar-refractivity contribution < 1.29 is 29.9 Å². The lowest BCUT2D eigenvalue weighted by Crippen LogP contribution is -2.59. The number of ether oxygens (including phenoxy) is 2. The van der Waals surface area contributed by atoms with E-state index in [0.717, 1.165) is 19.3 Å². The van der Waals surface area contributed by atoms with Gasteiger partial charge in [-0.15, -0.1) is 0 Å². The Bertz CT molecular complexity index is 260. The summed E-state index contributed by atoms with van der Waals surface area (Å²) in [6, 6.07) is 0. The Labute approximate surface area is 120 Å². The zero-order valence-electron chi connectivity index (χ0n) is 12.3. The summed E-state index contributed by atoms with van der Waals surface area (Å²) in [5.74, 6) is 0. The molecule has 1 fully saturated rings. The minimum Gasteiger partial charge on any atom is -0.394 e. The van der Waals surface area contributed by atoms with Crippen molar-refractivity contribution in [2.45, 2.75) is 82.8 Å². The molecule has 20 heavy (non-hydrogen) atoms. The lowest BCUT2D eigenvalue weighted by atomic mass is 9.99. The second-order valence-electron chi connectivity index (χ2n) is 5.49. The van der Waals surface area contributed by atoms with Crippen molar-refractivity contribution in [3.63, 3.8) is 0 Å². The molecule has 0 radical (unpaired) electrons. The predicted octanol–water partition coefficient (Wildman–Crippen LogP) is 0.162. The fraction of sp³-hybridized carbons (Fsp3) is 1.00. The van der Waals surface area contributed by atoms with Crippen LogP contribution in [-0.4, -0.2) is 63.8 Å². The number of hydrogen-bond donors (Lipinski definition) is 4. The second kappa shape index (κ2) is 8.92. The van der Waals surface area contributed by atoms with Gasteiger partial charge in [-0.1, -0.05) is 32.6 Å². The van der Waals surface area contributed by atoms with Crippen molar-refractivity contribution in [1.82, 2.24) is 0 Å². The van der Waals surface area contributed by atoms with E-state index < -0.39 is 37.3 Å². The molecular formula is C14H28O6. The summed E-state index contributed by atoms with van der Waals surface area (Å²) in [4.78, 5) is 0. The highest BCUT2D eigenvalue weighted by Crippen LogP contribution is 2.23. The Balaban J connectivity index is 2.40. The third-order valence-electron chi connectivity index (χ3n) is 3.68. The summed E-state index contributed by atoms with van der Waals surface area (Å²) in [5, 5.41) is 38.2. The highest BCUT2D eigenvalue weighted by atomic mass is 16.7. The molecule has 1 aliphatic heterocycles. The highest BCUT2D eigenvalue weighted by molar-refractivity contribution is 4.89. The fourth-order valence-electron chi connectivity index (χ4n) is 2.34. The van der Waals surface area contributed by atoms with Crippen LogP contribution in [-0.2, 0) is 9.47 Å². The zero-order valence-corrected chi connectivity index (χ0v) is 12.3. The van der Waals surface area contributed by atoms with Crippen LogP contribution in [0.3, 0.4) is 0 Å². The molecule has 0 aromatic carbocycles. The maximum atomic E-state index is 9.84. The van der Waals surface area contributed by atoms with Crippen molar-refractivity contribution >= 4 is 0 Å². The van der Waals surface area contributed by atoms with Crippen LogP contribution in [0, 0.1) is 0 Å². The van der Waals surface area contributed by atoms with E-state index in [2.05, 4.69) is 6.92 Å². The van der Waals surface area contributed by atoms with Crippen LogP contribution < -0.4 is 0 Å². The SMILES string of the molecule is CCCCCCC(C)OC1O[C@H](CO)[C@H](O)[C@H](O)[C@H]1O. The lowest BCUT2D eigenvalue weighted by Gasteiger charge is -2.40. The number of unbranched alkanes of at least 4 members (excludes halogenated alkanes) is 3. The van der Waals surface area contributed by atoms with Crippen molar-refractivity contribution in [2.75, 3.05) is 6.61 Å². The Morgan fingerprint density at radius 2 is 1.75 bits per heavy atom. The monoisotopic (exact) mass is 292 g/mol. The van der Waals surface area contributed by atoms with Gasteiger partial charge in [-0.3, -0.25) is 0 Å². The van der Waals surface area contributed by atoms with E-state index in [1.807, 2.05) is 6.92 Å². The van der Waals surface area contributed by atoms with Gasteiger partial charge in [-0.05, 0) is 13.3 Å². The number of aliphatic hydroxyl groups is 4. The van der Waals surface area contributed by atoms with E-state index in [9.17, 15) is 15.3 Å². The first-order valence-corrected chi connectivity index (χ1v) is 7.47. The van der Waals surface area contributed by atoms with E-state index >= 15 is 0 Å². The molecule has 2 unspecified atom stereocenters. The molecule has 0 aromatic rings. The Hall–Kier alpha value is -0.240. The molecule has 1 saturated heterocycles. The molecule has 0 aromatic heterocycles. The van der Waals surface area contributed by atoms with Crippen molar-refractivity contribution in [3.05, 3.63) is 0 Å². The molecule has 0 aliphatic carbocycles. The fourth-order valence-corrected chi connectivity index (χ4v) is 2.34. The number of rotatable bonds is 8. The van der Waals surface area contributed by atoms with Gasteiger partial charge in [-0.25, -0.2) is 0 Å². The smallest absolute Gasteiger partial charge is 0.186 e. The zero-order chi connectivity index (χ0) is 15.1. The highest BCUT2D eigenvalue weighted by Gasteiger charge is 2.44. The molecule has 0 spiro atoms. The normalized spacial score (nSPS) is 36.0. The first kappa shape index (κ1) is 17.8. The van der Waals surface area contributed by atoms with Gasteiger partial charge in [0.2, 0.25) is 0 Å². The predicted molar refractivity (Wildman–Crippen MR) is 73.1 cm³/mol. The lowest BCUT2D eigenvalue weighted by molar-refractivity contribution is -0.310. The van der Waals surface area contributed by atoms with E-state index in [4.69, 9.17) is 14.6 Å². The van der Waals surface area contributed by atoms with Crippen molar-refractivity contribution in [1.29, 1.82) is 0 Å². The van der Waals surface area contributed by atoms with E-state index in [0.29, 0.717) is 0 Å². The topological polar surface area (TPSA) is 99.4 Å². The van der Waals surface area contributed by atoms with Crippen molar-refractivity contribution in [3.8, 4) is 0 Å². The van der Waals surface area contributed by atoms with Gasteiger partial charge < -0.3 is 29.9 Å². The minimum atomic E-state index is -1.38. The molecule has 6 heteroatoms. The van der Waals surface area contributed by atoms with E-state index in [1.54, 1.807) is 0 Å². The molecule has 120 valence electrons. The second-order valence-corrected chi connectivity index (χ2v) is 5.49. The average Bonchev–Trinajstić information content (AvgIpc) is 2.44. The Morgan fingerprint density at radius 3 is 2.35 bits per heavy atom. The molecule has 1 aliphatic rings. The van der Waals surface area contributed by atoms with Crippen LogP contribution in [0.15, 0.2) is 0 Å². The molecule has 0 saturated carbocycles. The van der Waals surface area contributed by atoms with Gasteiger partial charge in [0.05, 0.1) is 12.7 Å². The minimum absolute atomic E-state index is 0.117. The molecule has 1 rings (SSSR count). The van der Waals surface area contributed by atoms with Crippen LogP contribution in [0.2, 0.25) is 0 Å². The third kappa shape index (κ3) is 4.95. The molecule has 0 amide bonds. The largest absolute Gasteiger partial charge is 0.394 e. The third-order valence-corrected chi connectivity index (χ3v) is 3.68. The van der Waals surface area contributed by atoms with Gasteiger partial charge in [0.25, 0.3) is 0 Å². The summed E-state index contributed by atoms with van der Waals surface area (Å²) in [6.07, 6.45) is -0.709. The Kier molecular flexibility index (Phi) is 7.94. The maximum Gasteiger partial charge on any atom is 0.186 e. The Morgan fingerprint density at radius 1 is 1.05 bits per heavy atom. The number of aliphatic hydroxyl groups excluding tert-OH is 4. The number of hydrogen-bond acceptors (Lipinski definition) is 6. The van der Waals surface area contributed by atoms with Crippen LogP contribution in [0.5, 0.6) is 0 Å². The first-order chi connectivity index (χ1) is 9.51. The quantitative estimate of drug-likeness (QED) is 0.476. The van der Waals surface area contributed by atoms with E-state index in [1.165, 1.54) is 12.8 Å². The van der Waals surface area contributed by atoms with Gasteiger partial charge in [-0.2, -0.15) is 0 Å². The summed E-state index contributed by atoms with van der Waals surface area (Å²) in [7, 11) is 0. The van der Waals surface area contributed by atoms with Gasteiger partial charge in [0, 0.05) is 0 Å². The van der Waals surface area contributed by atoms with Gasteiger partial charge >= 0.3 is 0 Å². The molecule has 6 atom stereocenters. The summed E-state index contributed by atoms with van der Waals surface area (Å²) < 4.78 is 10.9. The van der Waals surface area contributed by atoms with Crippen LogP contribution >= 0.6 is 0 Å². The summed E-state index contributed by atoms with van der Waals surface area (Å²) >= 11 is 0. The van der Waals surface area contributed by atoms with Crippen LogP contribution in [0.1, 0.15) is 46.0 Å². The van der Waals surface area contributed by atoms with Crippen molar-refractivity contribution in [2.24, 2.45) is 0 Å². The van der Waals surface area contributed by atoms with Gasteiger partial charge in [0.15, 0.2) is 6.29 Å². The standard InChI is InChI=1S/C14H28O6/c1-3-4-5-6-7-9(2)19-14-13(18)12(17)11(16)10(8-15)20-14/h9-18H,3-8H2,1-2H3/t9?,10-,11+,12+,13-,14?/m1/s1.